The van der Waals surface area contributed by atoms with Gasteiger partial charge < -0.3 is 11.1 Å². The highest BCUT2D eigenvalue weighted by Gasteiger charge is 2.21. The molecule has 1 aromatic carbocycles. The molecule has 20 heavy (non-hydrogen) atoms. The van der Waals surface area contributed by atoms with E-state index < -0.39 is 0 Å². The largest absolute Gasteiger partial charge is 0.393 e. The van der Waals surface area contributed by atoms with Crippen LogP contribution in [0.3, 0.4) is 0 Å². The number of anilines is 1. The van der Waals surface area contributed by atoms with Crippen LogP contribution in [0, 0.1) is 0 Å². The van der Waals surface area contributed by atoms with Gasteiger partial charge in [-0.25, -0.2) is 4.79 Å². The van der Waals surface area contributed by atoms with E-state index in [4.69, 9.17) is 18.0 Å². The predicted molar refractivity (Wildman–Crippen MR) is 86.0 cm³/mol. The van der Waals surface area contributed by atoms with Gasteiger partial charge in [0.1, 0.15) is 0 Å². The summed E-state index contributed by atoms with van der Waals surface area (Å²) in [5, 5.41) is 3.10. The number of nitrogens with one attached hydrogen (secondary N) is 1. The minimum atomic E-state index is -0.0562. The number of carbonyl (C=O) groups excluding carboxylic acids is 1. The topological polar surface area (TPSA) is 58.4 Å². The summed E-state index contributed by atoms with van der Waals surface area (Å²) >= 11 is 4.91. The molecule has 0 unspecified atom stereocenters. The lowest BCUT2D eigenvalue weighted by molar-refractivity contribution is 0.243. The summed E-state index contributed by atoms with van der Waals surface area (Å²) in [5.74, 6) is 0. The standard InChI is InChI=1S/C15H21N3OS/c16-14(20)10-11-18(13-8-2-1-3-9-13)15(19)17-12-6-4-5-7-12/h1-3,8-9,12H,4-7,10-11H2,(H2,16,20)(H,17,19). The summed E-state index contributed by atoms with van der Waals surface area (Å²) in [6.07, 6.45) is 5.07. The molecule has 0 heterocycles. The average molecular weight is 291 g/mol. The van der Waals surface area contributed by atoms with Crippen LogP contribution in [0.25, 0.3) is 0 Å². The fourth-order valence-corrected chi connectivity index (χ4v) is 2.59. The van der Waals surface area contributed by atoms with Crippen molar-refractivity contribution in [3.8, 4) is 0 Å². The molecule has 0 aromatic heterocycles. The summed E-state index contributed by atoms with van der Waals surface area (Å²) in [4.78, 5) is 14.6. The Labute approximate surface area is 125 Å². The van der Waals surface area contributed by atoms with Crippen molar-refractivity contribution >= 4 is 28.9 Å². The third-order valence-corrected chi connectivity index (χ3v) is 3.78. The molecule has 0 atom stereocenters. The van der Waals surface area contributed by atoms with Crippen molar-refractivity contribution in [1.29, 1.82) is 0 Å². The quantitative estimate of drug-likeness (QED) is 0.820. The van der Waals surface area contributed by atoms with Crippen molar-refractivity contribution in [2.45, 2.75) is 38.1 Å². The molecule has 0 aliphatic heterocycles. The van der Waals surface area contributed by atoms with Gasteiger partial charge in [0.25, 0.3) is 0 Å². The van der Waals surface area contributed by atoms with E-state index >= 15 is 0 Å². The minimum Gasteiger partial charge on any atom is -0.393 e. The molecule has 2 amide bonds. The second-order valence-electron chi connectivity index (χ2n) is 5.13. The zero-order chi connectivity index (χ0) is 14.4. The van der Waals surface area contributed by atoms with Crippen LogP contribution in [0.4, 0.5) is 10.5 Å². The number of urea groups is 1. The molecule has 0 radical (unpaired) electrons. The third kappa shape index (κ3) is 4.20. The van der Waals surface area contributed by atoms with Gasteiger partial charge in [-0.15, -0.1) is 0 Å². The molecule has 1 saturated carbocycles. The van der Waals surface area contributed by atoms with Gasteiger partial charge in [0, 0.05) is 24.7 Å². The van der Waals surface area contributed by atoms with E-state index in [0.29, 0.717) is 24.0 Å². The molecule has 1 fully saturated rings. The number of rotatable bonds is 5. The molecule has 2 rings (SSSR count). The Hall–Kier alpha value is -1.62. The molecule has 1 aliphatic carbocycles. The first kappa shape index (κ1) is 14.8. The Bertz CT molecular complexity index is 457. The summed E-state index contributed by atoms with van der Waals surface area (Å²) in [6.45, 7) is 0.512. The molecule has 108 valence electrons. The second kappa shape index (κ2) is 7.24. The Morgan fingerprint density at radius 2 is 1.95 bits per heavy atom. The molecule has 5 heteroatoms. The Balaban J connectivity index is 2.04. The first-order valence-corrected chi connectivity index (χ1v) is 7.49. The average Bonchev–Trinajstić information content (AvgIpc) is 2.92. The van der Waals surface area contributed by atoms with Crippen LogP contribution in [-0.4, -0.2) is 23.6 Å². The molecule has 3 N–H and O–H groups in total. The number of nitrogens with two attached hydrogens (primary N) is 1. The number of para-hydroxylation sites is 1. The van der Waals surface area contributed by atoms with Crippen molar-refractivity contribution in [1.82, 2.24) is 5.32 Å². The molecule has 1 aliphatic rings. The molecule has 1 aromatic rings. The van der Waals surface area contributed by atoms with E-state index in [1.54, 1.807) is 4.90 Å². The van der Waals surface area contributed by atoms with Crippen molar-refractivity contribution in [2.75, 3.05) is 11.4 Å². The first-order valence-electron chi connectivity index (χ1n) is 7.08. The fraction of sp³-hybridized carbons (Fsp3) is 0.467. The van der Waals surface area contributed by atoms with Crippen LogP contribution in [0.15, 0.2) is 30.3 Å². The second-order valence-corrected chi connectivity index (χ2v) is 5.66. The number of carbonyl (C=O) groups is 1. The maximum absolute atomic E-state index is 12.4. The SMILES string of the molecule is NC(=S)CCN(C(=O)NC1CCCC1)c1ccccc1. The van der Waals surface area contributed by atoms with Crippen LogP contribution in [0.2, 0.25) is 0 Å². The van der Waals surface area contributed by atoms with Gasteiger partial charge in [-0.3, -0.25) is 4.90 Å². The van der Waals surface area contributed by atoms with Crippen LogP contribution < -0.4 is 16.0 Å². The zero-order valence-corrected chi connectivity index (χ0v) is 12.4. The maximum atomic E-state index is 12.4. The lowest BCUT2D eigenvalue weighted by Gasteiger charge is -2.25. The van der Waals surface area contributed by atoms with Gasteiger partial charge in [-0.05, 0) is 25.0 Å². The lowest BCUT2D eigenvalue weighted by Crippen LogP contribution is -2.45. The van der Waals surface area contributed by atoms with Crippen LogP contribution in [-0.2, 0) is 0 Å². The Morgan fingerprint density at radius 1 is 1.30 bits per heavy atom. The van der Waals surface area contributed by atoms with E-state index in [1.807, 2.05) is 30.3 Å². The number of hydrogen-bond donors (Lipinski definition) is 2. The van der Waals surface area contributed by atoms with Crippen molar-refractivity contribution in [3.63, 3.8) is 0 Å². The van der Waals surface area contributed by atoms with E-state index in [9.17, 15) is 4.79 Å². The van der Waals surface area contributed by atoms with Crippen molar-refractivity contribution < 1.29 is 4.79 Å². The number of thiocarbonyl (C=S) groups is 1. The van der Waals surface area contributed by atoms with Gasteiger partial charge in [0.05, 0.1) is 4.99 Å². The summed E-state index contributed by atoms with van der Waals surface area (Å²) in [6, 6.07) is 9.88. The summed E-state index contributed by atoms with van der Waals surface area (Å²) in [5.41, 5.74) is 6.43. The highest BCUT2D eigenvalue weighted by atomic mass is 32.1. The zero-order valence-electron chi connectivity index (χ0n) is 11.5. The normalized spacial score (nSPS) is 15.0. The molecular weight excluding hydrogens is 270 g/mol. The lowest BCUT2D eigenvalue weighted by atomic mass is 10.2. The Morgan fingerprint density at radius 3 is 2.55 bits per heavy atom. The summed E-state index contributed by atoms with van der Waals surface area (Å²) < 4.78 is 0. The van der Waals surface area contributed by atoms with Crippen molar-refractivity contribution in [3.05, 3.63) is 30.3 Å². The molecule has 0 bridgehead atoms. The van der Waals surface area contributed by atoms with E-state index in [1.165, 1.54) is 12.8 Å². The van der Waals surface area contributed by atoms with Crippen molar-refractivity contribution in [2.24, 2.45) is 5.73 Å². The maximum Gasteiger partial charge on any atom is 0.322 e. The van der Waals surface area contributed by atoms with E-state index in [0.717, 1.165) is 18.5 Å². The molecular formula is C15H21N3OS. The van der Waals surface area contributed by atoms with Gasteiger partial charge in [0.15, 0.2) is 0 Å². The van der Waals surface area contributed by atoms with Crippen LogP contribution >= 0.6 is 12.2 Å². The third-order valence-electron chi connectivity index (χ3n) is 3.58. The fourth-order valence-electron chi connectivity index (χ4n) is 2.50. The number of amides is 2. The van der Waals surface area contributed by atoms with Crippen LogP contribution in [0.5, 0.6) is 0 Å². The van der Waals surface area contributed by atoms with Gasteiger partial charge >= 0.3 is 6.03 Å². The highest BCUT2D eigenvalue weighted by Crippen LogP contribution is 2.19. The number of benzene rings is 1. The van der Waals surface area contributed by atoms with E-state index in [2.05, 4.69) is 5.32 Å². The minimum absolute atomic E-state index is 0.0562. The monoisotopic (exact) mass is 291 g/mol. The van der Waals surface area contributed by atoms with Gasteiger partial charge in [0.2, 0.25) is 0 Å². The van der Waals surface area contributed by atoms with Crippen LogP contribution in [0.1, 0.15) is 32.1 Å². The molecule has 0 spiro atoms. The Kier molecular flexibility index (Phi) is 5.35. The predicted octanol–water partition coefficient (Wildman–Crippen LogP) is 2.82. The highest BCUT2D eigenvalue weighted by molar-refractivity contribution is 7.80. The molecule has 4 nitrogen and oxygen atoms in total. The van der Waals surface area contributed by atoms with Gasteiger partial charge in [-0.2, -0.15) is 0 Å². The van der Waals surface area contributed by atoms with E-state index in [-0.39, 0.29) is 6.03 Å². The summed E-state index contributed by atoms with van der Waals surface area (Å²) in [7, 11) is 0. The number of hydrogen-bond acceptors (Lipinski definition) is 2. The molecule has 0 saturated heterocycles. The smallest absolute Gasteiger partial charge is 0.322 e. The first-order chi connectivity index (χ1) is 9.66. The number of nitrogens with zero attached hydrogens (tertiary/aromatic N) is 1. The van der Waals surface area contributed by atoms with Gasteiger partial charge in [-0.1, -0.05) is 43.3 Å².